The van der Waals surface area contributed by atoms with E-state index in [4.69, 9.17) is 4.42 Å². The quantitative estimate of drug-likeness (QED) is 0.414. The number of aromatic nitrogens is 1. The first-order valence-corrected chi connectivity index (χ1v) is 8.10. The van der Waals surface area contributed by atoms with Crippen molar-refractivity contribution in [1.82, 2.24) is 4.98 Å². The second kappa shape index (κ2) is 6.25. The van der Waals surface area contributed by atoms with Gasteiger partial charge in [-0.3, -0.25) is 5.43 Å². The molecule has 118 valence electrons. The molecule has 24 heavy (non-hydrogen) atoms. The van der Waals surface area contributed by atoms with E-state index in [0.29, 0.717) is 11.5 Å². The van der Waals surface area contributed by atoms with Gasteiger partial charge in [-0.1, -0.05) is 23.5 Å². The molecule has 0 saturated carbocycles. The van der Waals surface area contributed by atoms with E-state index in [1.807, 2.05) is 36.4 Å². The summed E-state index contributed by atoms with van der Waals surface area (Å²) in [6.07, 6.45) is 1.58. The minimum atomic E-state index is -0.271. The number of para-hydroxylation sites is 1. The van der Waals surface area contributed by atoms with Crippen LogP contribution in [-0.2, 0) is 0 Å². The Kier molecular flexibility index (Phi) is 3.80. The van der Waals surface area contributed by atoms with Crippen LogP contribution in [0.2, 0.25) is 0 Å². The molecular formula is C18H12FN3OS. The molecule has 0 unspecified atom stereocenters. The summed E-state index contributed by atoms with van der Waals surface area (Å²) in [4.78, 5) is 4.43. The average molecular weight is 337 g/mol. The third kappa shape index (κ3) is 3.04. The molecule has 0 atom stereocenters. The molecule has 2 heterocycles. The van der Waals surface area contributed by atoms with Gasteiger partial charge in [0.15, 0.2) is 0 Å². The van der Waals surface area contributed by atoms with Crippen LogP contribution in [0.4, 0.5) is 9.52 Å². The van der Waals surface area contributed by atoms with Crippen molar-refractivity contribution >= 4 is 32.9 Å². The van der Waals surface area contributed by atoms with Crippen LogP contribution in [0.3, 0.4) is 0 Å². The molecule has 2 aromatic carbocycles. The fourth-order valence-corrected chi connectivity index (χ4v) is 3.08. The second-order valence-corrected chi connectivity index (χ2v) is 6.10. The van der Waals surface area contributed by atoms with E-state index in [2.05, 4.69) is 15.5 Å². The Balaban J connectivity index is 1.47. The lowest BCUT2D eigenvalue weighted by atomic mass is 10.2. The van der Waals surface area contributed by atoms with Gasteiger partial charge in [0.05, 0.1) is 16.4 Å². The monoisotopic (exact) mass is 337 g/mol. The van der Waals surface area contributed by atoms with Crippen molar-refractivity contribution in [2.24, 2.45) is 5.10 Å². The zero-order valence-electron chi connectivity index (χ0n) is 12.4. The Labute approximate surface area is 141 Å². The lowest BCUT2D eigenvalue weighted by Crippen LogP contribution is -1.88. The molecule has 0 radical (unpaired) electrons. The highest BCUT2D eigenvalue weighted by molar-refractivity contribution is 7.22. The van der Waals surface area contributed by atoms with Crippen molar-refractivity contribution in [2.45, 2.75) is 0 Å². The maximum Gasteiger partial charge on any atom is 0.204 e. The number of hydrogen-bond acceptors (Lipinski definition) is 5. The summed E-state index contributed by atoms with van der Waals surface area (Å²) in [6.45, 7) is 0. The van der Waals surface area contributed by atoms with Gasteiger partial charge in [-0.15, -0.1) is 0 Å². The molecule has 1 N–H and O–H groups in total. The molecule has 0 spiro atoms. The summed E-state index contributed by atoms with van der Waals surface area (Å²) >= 11 is 1.53. The molecule has 0 fully saturated rings. The Morgan fingerprint density at radius 3 is 2.71 bits per heavy atom. The standard InChI is InChI=1S/C18H12FN3OS/c19-13-7-5-12(6-8-13)16-10-9-14(23-16)11-20-22-18-21-15-3-1-2-4-17(15)24-18/h1-11H,(H,21,22). The summed E-state index contributed by atoms with van der Waals surface area (Å²) in [7, 11) is 0. The third-order valence-corrected chi connectivity index (χ3v) is 4.34. The van der Waals surface area contributed by atoms with Crippen LogP contribution in [0, 0.1) is 5.82 Å². The van der Waals surface area contributed by atoms with Crippen LogP contribution in [0.15, 0.2) is 70.2 Å². The van der Waals surface area contributed by atoms with E-state index >= 15 is 0 Å². The summed E-state index contributed by atoms with van der Waals surface area (Å²) in [5, 5.41) is 4.87. The SMILES string of the molecule is Fc1ccc(-c2ccc(C=NNc3nc4ccccc4s3)o2)cc1. The Hall–Kier alpha value is -2.99. The Morgan fingerprint density at radius 2 is 1.88 bits per heavy atom. The Bertz CT molecular complexity index is 971. The number of nitrogens with one attached hydrogen (secondary N) is 1. The fraction of sp³-hybridized carbons (Fsp3) is 0. The highest BCUT2D eigenvalue weighted by atomic mass is 32.1. The van der Waals surface area contributed by atoms with Gasteiger partial charge in [0.25, 0.3) is 0 Å². The number of furan rings is 1. The van der Waals surface area contributed by atoms with Crippen LogP contribution in [-0.4, -0.2) is 11.2 Å². The zero-order valence-corrected chi connectivity index (χ0v) is 13.3. The summed E-state index contributed by atoms with van der Waals surface area (Å²) in [5.41, 5.74) is 4.66. The van der Waals surface area contributed by atoms with Crippen molar-refractivity contribution in [1.29, 1.82) is 0 Å². The van der Waals surface area contributed by atoms with Crippen molar-refractivity contribution in [3.05, 3.63) is 72.2 Å². The van der Waals surface area contributed by atoms with E-state index in [9.17, 15) is 4.39 Å². The van der Waals surface area contributed by atoms with Gasteiger partial charge < -0.3 is 4.42 Å². The van der Waals surface area contributed by atoms with Gasteiger partial charge in [0.1, 0.15) is 17.3 Å². The van der Waals surface area contributed by atoms with E-state index in [0.717, 1.165) is 20.9 Å². The van der Waals surface area contributed by atoms with Gasteiger partial charge in [-0.25, -0.2) is 9.37 Å². The maximum atomic E-state index is 12.9. The first kappa shape index (κ1) is 14.6. The zero-order chi connectivity index (χ0) is 16.4. The molecule has 4 rings (SSSR count). The second-order valence-electron chi connectivity index (χ2n) is 5.07. The van der Waals surface area contributed by atoms with E-state index < -0.39 is 0 Å². The molecule has 4 nitrogen and oxygen atoms in total. The van der Waals surface area contributed by atoms with Gasteiger partial charge in [0, 0.05) is 5.56 Å². The molecular weight excluding hydrogens is 325 g/mol. The van der Waals surface area contributed by atoms with E-state index in [-0.39, 0.29) is 5.82 Å². The fourth-order valence-electron chi connectivity index (χ4n) is 2.26. The highest BCUT2D eigenvalue weighted by Gasteiger charge is 2.04. The first-order valence-electron chi connectivity index (χ1n) is 7.28. The molecule has 2 aromatic heterocycles. The summed E-state index contributed by atoms with van der Waals surface area (Å²) in [5.74, 6) is 0.992. The molecule has 0 bridgehead atoms. The number of hydrazone groups is 1. The third-order valence-electron chi connectivity index (χ3n) is 3.40. The van der Waals surface area contributed by atoms with Gasteiger partial charge in [-0.2, -0.15) is 5.10 Å². The number of rotatable bonds is 4. The highest BCUT2D eigenvalue weighted by Crippen LogP contribution is 2.25. The summed E-state index contributed by atoms with van der Waals surface area (Å²) < 4.78 is 19.7. The van der Waals surface area contributed by atoms with Crippen molar-refractivity contribution in [3.63, 3.8) is 0 Å². The van der Waals surface area contributed by atoms with Gasteiger partial charge in [-0.05, 0) is 48.5 Å². The number of benzene rings is 2. The number of halogens is 1. The molecule has 0 aliphatic rings. The molecule has 0 amide bonds. The van der Waals surface area contributed by atoms with Crippen LogP contribution in [0.5, 0.6) is 0 Å². The van der Waals surface area contributed by atoms with Gasteiger partial charge in [0.2, 0.25) is 5.13 Å². The lowest BCUT2D eigenvalue weighted by molar-refractivity contribution is 0.574. The number of fused-ring (bicyclic) bond motifs is 1. The number of anilines is 1. The predicted molar refractivity (Wildman–Crippen MR) is 94.9 cm³/mol. The van der Waals surface area contributed by atoms with Crippen molar-refractivity contribution < 1.29 is 8.81 Å². The van der Waals surface area contributed by atoms with Crippen LogP contribution >= 0.6 is 11.3 Å². The Morgan fingerprint density at radius 1 is 1.04 bits per heavy atom. The molecule has 4 aromatic rings. The maximum absolute atomic E-state index is 12.9. The van der Waals surface area contributed by atoms with Crippen molar-refractivity contribution in [2.75, 3.05) is 5.43 Å². The van der Waals surface area contributed by atoms with Crippen LogP contribution < -0.4 is 5.43 Å². The van der Waals surface area contributed by atoms with Crippen LogP contribution in [0.25, 0.3) is 21.5 Å². The predicted octanol–water partition coefficient (Wildman–Crippen LogP) is 5.14. The largest absolute Gasteiger partial charge is 0.455 e. The number of hydrogen-bond donors (Lipinski definition) is 1. The van der Waals surface area contributed by atoms with Crippen molar-refractivity contribution in [3.8, 4) is 11.3 Å². The molecule has 0 aliphatic carbocycles. The normalized spacial score (nSPS) is 11.4. The molecule has 0 saturated heterocycles. The number of nitrogens with zero attached hydrogens (tertiary/aromatic N) is 2. The molecule has 6 heteroatoms. The van der Waals surface area contributed by atoms with Gasteiger partial charge >= 0.3 is 0 Å². The topological polar surface area (TPSA) is 50.4 Å². The minimum Gasteiger partial charge on any atom is -0.455 e. The molecule has 0 aliphatic heterocycles. The van der Waals surface area contributed by atoms with E-state index in [1.54, 1.807) is 18.3 Å². The summed E-state index contributed by atoms with van der Waals surface area (Å²) in [6, 6.07) is 17.7. The smallest absolute Gasteiger partial charge is 0.204 e. The number of thiazole rings is 1. The van der Waals surface area contributed by atoms with Crippen LogP contribution in [0.1, 0.15) is 5.76 Å². The van der Waals surface area contributed by atoms with E-state index in [1.165, 1.54) is 23.5 Å². The lowest BCUT2D eigenvalue weighted by Gasteiger charge is -1.95. The first-order chi connectivity index (χ1) is 11.8. The minimum absolute atomic E-state index is 0.271. The average Bonchev–Trinajstić information content (AvgIpc) is 3.22.